The fourth-order valence-corrected chi connectivity index (χ4v) is 3.56. The first-order chi connectivity index (χ1) is 11.6. The number of Topliss-reactive ketones (excluding diaryl/α,β-unsaturated/α-hetero) is 1. The number of thiophene rings is 1. The zero-order valence-electron chi connectivity index (χ0n) is 13.3. The third-order valence-corrected chi connectivity index (χ3v) is 4.94. The zero-order chi connectivity index (χ0) is 17.1. The summed E-state index contributed by atoms with van der Waals surface area (Å²) in [6, 6.07) is 6.47. The van der Waals surface area contributed by atoms with Gasteiger partial charge < -0.3 is 10.0 Å². The van der Waals surface area contributed by atoms with Gasteiger partial charge in [0.05, 0.1) is 16.5 Å². The van der Waals surface area contributed by atoms with Crippen molar-refractivity contribution in [3.05, 3.63) is 63.8 Å². The number of hydrogen-bond donors (Lipinski definition) is 1. The molecule has 0 saturated heterocycles. The number of carbonyl (C=O) groups is 2. The van der Waals surface area contributed by atoms with E-state index in [1.807, 2.05) is 6.92 Å². The topological polar surface area (TPSA) is 70.5 Å². The van der Waals surface area contributed by atoms with Gasteiger partial charge in [-0.15, -0.1) is 11.3 Å². The highest BCUT2D eigenvalue weighted by Gasteiger charge is 2.43. The van der Waals surface area contributed by atoms with E-state index in [0.29, 0.717) is 11.4 Å². The second-order valence-corrected chi connectivity index (χ2v) is 6.55. The van der Waals surface area contributed by atoms with Gasteiger partial charge in [0.15, 0.2) is 5.76 Å². The Kier molecular flexibility index (Phi) is 4.76. The second kappa shape index (κ2) is 6.97. The number of aliphatic hydroxyl groups is 1. The molecule has 5 nitrogen and oxygen atoms in total. The van der Waals surface area contributed by atoms with Crippen molar-refractivity contribution in [1.82, 2.24) is 9.88 Å². The minimum atomic E-state index is -0.568. The van der Waals surface area contributed by atoms with Crippen molar-refractivity contribution in [2.24, 2.45) is 0 Å². The fraction of sp³-hybridized carbons (Fsp3) is 0.278. The van der Waals surface area contributed by atoms with Gasteiger partial charge in [-0.2, -0.15) is 0 Å². The standard InChI is InChI=1S/C18H18N2O3S/c1-2-3-10-20-15(12-6-8-19-9-7-12)14(17(22)18(20)23)16(21)13-5-4-11-24-13/h4-9,11,15,22H,2-3,10H2,1H3. The molecule has 0 bridgehead atoms. The van der Waals surface area contributed by atoms with Crippen molar-refractivity contribution in [3.8, 4) is 0 Å². The summed E-state index contributed by atoms with van der Waals surface area (Å²) in [5.74, 6) is -1.21. The Labute approximate surface area is 144 Å². The number of aliphatic hydroxyl groups excluding tert-OH is 1. The van der Waals surface area contributed by atoms with Crippen LogP contribution in [0.25, 0.3) is 0 Å². The number of aromatic nitrogens is 1. The molecule has 1 aliphatic rings. The maximum absolute atomic E-state index is 12.9. The summed E-state index contributed by atoms with van der Waals surface area (Å²) in [5, 5.41) is 12.2. The number of pyridine rings is 1. The molecular weight excluding hydrogens is 324 g/mol. The highest BCUT2D eigenvalue weighted by molar-refractivity contribution is 7.12. The molecule has 0 spiro atoms. The number of amides is 1. The molecule has 24 heavy (non-hydrogen) atoms. The van der Waals surface area contributed by atoms with Gasteiger partial charge in [-0.25, -0.2) is 0 Å². The average molecular weight is 342 g/mol. The normalized spacial score (nSPS) is 17.6. The first-order valence-corrected chi connectivity index (χ1v) is 8.75. The molecule has 1 atom stereocenters. The molecule has 0 saturated carbocycles. The van der Waals surface area contributed by atoms with Crippen molar-refractivity contribution in [1.29, 1.82) is 0 Å². The Bertz CT molecular complexity index is 769. The summed E-state index contributed by atoms with van der Waals surface area (Å²) in [7, 11) is 0. The van der Waals surface area contributed by atoms with Crippen LogP contribution in [0, 0.1) is 0 Å². The molecule has 3 heterocycles. The lowest BCUT2D eigenvalue weighted by Crippen LogP contribution is -2.32. The Morgan fingerprint density at radius 3 is 2.71 bits per heavy atom. The van der Waals surface area contributed by atoms with Crippen molar-refractivity contribution in [3.63, 3.8) is 0 Å². The van der Waals surface area contributed by atoms with Crippen LogP contribution in [0.1, 0.15) is 41.0 Å². The Morgan fingerprint density at radius 1 is 1.33 bits per heavy atom. The van der Waals surface area contributed by atoms with Crippen LogP contribution >= 0.6 is 11.3 Å². The third kappa shape index (κ3) is 2.85. The highest BCUT2D eigenvalue weighted by atomic mass is 32.1. The van der Waals surface area contributed by atoms with Crippen LogP contribution in [-0.2, 0) is 4.79 Å². The third-order valence-electron chi connectivity index (χ3n) is 4.07. The van der Waals surface area contributed by atoms with Gasteiger partial charge >= 0.3 is 0 Å². The van der Waals surface area contributed by atoms with Crippen LogP contribution in [0.5, 0.6) is 0 Å². The lowest BCUT2D eigenvalue weighted by Gasteiger charge is -2.26. The van der Waals surface area contributed by atoms with Gasteiger partial charge in [-0.3, -0.25) is 14.6 Å². The van der Waals surface area contributed by atoms with Crippen molar-refractivity contribution >= 4 is 23.0 Å². The summed E-state index contributed by atoms with van der Waals surface area (Å²) < 4.78 is 0. The van der Waals surface area contributed by atoms with E-state index < -0.39 is 17.7 Å². The summed E-state index contributed by atoms with van der Waals surface area (Å²) >= 11 is 1.30. The van der Waals surface area contributed by atoms with Gasteiger partial charge in [0.1, 0.15) is 0 Å². The summed E-state index contributed by atoms with van der Waals surface area (Å²) in [4.78, 5) is 31.5. The van der Waals surface area contributed by atoms with Crippen molar-refractivity contribution < 1.29 is 14.7 Å². The molecule has 1 amide bonds. The minimum absolute atomic E-state index is 0.157. The van der Waals surface area contributed by atoms with Gasteiger partial charge in [-0.05, 0) is 35.6 Å². The smallest absolute Gasteiger partial charge is 0.290 e. The summed E-state index contributed by atoms with van der Waals surface area (Å²) in [5.41, 5.74) is 0.933. The predicted molar refractivity (Wildman–Crippen MR) is 91.9 cm³/mol. The number of rotatable bonds is 6. The van der Waals surface area contributed by atoms with E-state index in [2.05, 4.69) is 4.98 Å². The molecule has 3 rings (SSSR count). The first-order valence-electron chi connectivity index (χ1n) is 7.87. The molecule has 1 aliphatic heterocycles. The van der Waals surface area contributed by atoms with E-state index in [4.69, 9.17) is 0 Å². The van der Waals surface area contributed by atoms with Crippen LogP contribution in [0.15, 0.2) is 53.4 Å². The molecule has 1 unspecified atom stereocenters. The van der Waals surface area contributed by atoms with Gasteiger partial charge in [0, 0.05) is 18.9 Å². The number of ketones is 1. The fourth-order valence-electron chi connectivity index (χ4n) is 2.88. The SMILES string of the molecule is CCCCN1C(=O)C(O)=C(C(=O)c2cccs2)C1c1ccncc1. The molecule has 0 aromatic carbocycles. The van der Waals surface area contributed by atoms with E-state index in [1.54, 1.807) is 46.9 Å². The molecule has 1 N–H and O–H groups in total. The second-order valence-electron chi connectivity index (χ2n) is 5.60. The van der Waals surface area contributed by atoms with Gasteiger partial charge in [0.2, 0.25) is 5.78 Å². The highest BCUT2D eigenvalue weighted by Crippen LogP contribution is 2.39. The molecule has 2 aromatic heterocycles. The molecular formula is C18H18N2O3S. The van der Waals surface area contributed by atoms with E-state index in [0.717, 1.165) is 18.4 Å². The Balaban J connectivity index is 2.06. The lowest BCUT2D eigenvalue weighted by molar-refractivity contribution is -0.129. The monoisotopic (exact) mass is 342 g/mol. The molecule has 0 radical (unpaired) electrons. The molecule has 124 valence electrons. The Morgan fingerprint density at radius 2 is 2.08 bits per heavy atom. The number of unbranched alkanes of at least 4 members (excludes halogenated alkanes) is 1. The number of carbonyl (C=O) groups excluding carboxylic acids is 2. The van der Waals surface area contributed by atoms with Crippen molar-refractivity contribution in [2.75, 3.05) is 6.54 Å². The van der Waals surface area contributed by atoms with Gasteiger partial charge in [0.25, 0.3) is 5.91 Å². The summed E-state index contributed by atoms with van der Waals surface area (Å²) in [6.45, 7) is 2.53. The van der Waals surface area contributed by atoms with E-state index in [9.17, 15) is 14.7 Å². The maximum atomic E-state index is 12.9. The summed E-state index contributed by atoms with van der Waals surface area (Å²) in [6.07, 6.45) is 4.98. The molecule has 6 heteroatoms. The van der Waals surface area contributed by atoms with Crippen LogP contribution in [0.3, 0.4) is 0 Å². The van der Waals surface area contributed by atoms with Crippen LogP contribution in [-0.4, -0.2) is 33.2 Å². The van der Waals surface area contributed by atoms with Crippen LogP contribution < -0.4 is 0 Å². The van der Waals surface area contributed by atoms with Crippen molar-refractivity contribution in [2.45, 2.75) is 25.8 Å². The largest absolute Gasteiger partial charge is 0.503 e. The number of nitrogens with zero attached hydrogens (tertiary/aromatic N) is 2. The van der Waals surface area contributed by atoms with E-state index >= 15 is 0 Å². The van der Waals surface area contributed by atoms with Crippen LogP contribution in [0.2, 0.25) is 0 Å². The molecule has 0 aliphatic carbocycles. The Hall–Kier alpha value is -2.47. The maximum Gasteiger partial charge on any atom is 0.290 e. The quantitative estimate of drug-likeness (QED) is 0.816. The average Bonchev–Trinajstić information content (AvgIpc) is 3.22. The molecule has 0 fully saturated rings. The van der Waals surface area contributed by atoms with Gasteiger partial charge in [-0.1, -0.05) is 19.4 Å². The van der Waals surface area contributed by atoms with E-state index in [-0.39, 0.29) is 11.4 Å². The van der Waals surface area contributed by atoms with Crippen LogP contribution in [0.4, 0.5) is 0 Å². The zero-order valence-corrected chi connectivity index (χ0v) is 14.1. The first kappa shape index (κ1) is 16.4. The predicted octanol–water partition coefficient (Wildman–Crippen LogP) is 3.52. The molecule has 2 aromatic rings. The lowest BCUT2D eigenvalue weighted by atomic mass is 9.96. The minimum Gasteiger partial charge on any atom is -0.503 e. The number of hydrogen-bond acceptors (Lipinski definition) is 5. The van der Waals surface area contributed by atoms with E-state index in [1.165, 1.54) is 11.3 Å².